The second kappa shape index (κ2) is 5.67. The summed E-state index contributed by atoms with van der Waals surface area (Å²) in [4.78, 5) is 15.9. The highest BCUT2D eigenvalue weighted by molar-refractivity contribution is 6.88. The monoisotopic (exact) mass is 358 g/mol. The Hall–Kier alpha value is -2.19. The number of benzene rings is 1. The van der Waals surface area contributed by atoms with Gasteiger partial charge in [-0.15, -0.1) is 0 Å². The van der Waals surface area contributed by atoms with Gasteiger partial charge in [0.25, 0.3) is 5.69 Å². The molecule has 132 valence electrons. The van der Waals surface area contributed by atoms with E-state index in [1.54, 1.807) is 6.07 Å². The van der Waals surface area contributed by atoms with Crippen molar-refractivity contribution in [3.8, 4) is 0 Å². The van der Waals surface area contributed by atoms with Crippen LogP contribution in [0.1, 0.15) is 25.5 Å². The third kappa shape index (κ3) is 2.65. The van der Waals surface area contributed by atoms with Crippen LogP contribution in [-0.4, -0.2) is 34.4 Å². The first-order valence-corrected chi connectivity index (χ1v) is 12.2. The number of non-ortho nitro benzene ring substituents is 1. The van der Waals surface area contributed by atoms with Crippen molar-refractivity contribution in [2.75, 3.05) is 6.61 Å². The molecule has 4 rings (SSSR count). The lowest BCUT2D eigenvalue weighted by atomic mass is 10.1. The number of rotatable bonds is 3. The number of aromatic amines is 1. The zero-order chi connectivity index (χ0) is 17.8. The average molecular weight is 358 g/mol. The highest BCUT2D eigenvalue weighted by atomic mass is 28.3. The summed E-state index contributed by atoms with van der Waals surface area (Å²) in [5.41, 5.74) is 1.51. The molecule has 7 nitrogen and oxygen atoms in total. The fraction of sp³-hybridized carbons (Fsp3) is 0.471. The normalized spacial score (nSPS) is 18.9. The number of nitro groups is 1. The number of nitrogens with one attached hydrogen (secondary N) is 1. The van der Waals surface area contributed by atoms with Crippen LogP contribution in [0, 0.1) is 10.1 Å². The third-order valence-corrected chi connectivity index (χ3v) is 6.63. The van der Waals surface area contributed by atoms with E-state index in [0.29, 0.717) is 5.52 Å². The fourth-order valence-corrected chi connectivity index (χ4v) is 4.52. The van der Waals surface area contributed by atoms with Crippen LogP contribution in [0.15, 0.2) is 18.3 Å². The minimum absolute atomic E-state index is 0.0545. The van der Waals surface area contributed by atoms with Crippen molar-refractivity contribution in [1.29, 1.82) is 0 Å². The van der Waals surface area contributed by atoms with Gasteiger partial charge >= 0.3 is 0 Å². The van der Waals surface area contributed by atoms with Gasteiger partial charge in [-0.05, 0) is 25.3 Å². The lowest BCUT2D eigenvalue weighted by molar-refractivity contribution is -0.383. The van der Waals surface area contributed by atoms with E-state index in [9.17, 15) is 10.1 Å². The first-order valence-electron chi connectivity index (χ1n) is 8.66. The molecule has 0 aliphatic carbocycles. The molecular formula is C17H22N4O3Si. The van der Waals surface area contributed by atoms with Gasteiger partial charge in [-0.3, -0.25) is 19.8 Å². The molecule has 0 radical (unpaired) electrons. The number of nitrogens with zero attached hydrogens (tertiary/aromatic N) is 3. The maximum absolute atomic E-state index is 11.6. The third-order valence-electron chi connectivity index (χ3n) is 4.84. The molecule has 0 bridgehead atoms. The van der Waals surface area contributed by atoms with Crippen LogP contribution < -0.4 is 5.32 Å². The van der Waals surface area contributed by atoms with Gasteiger partial charge in [0, 0.05) is 35.0 Å². The topological polar surface area (TPSA) is 86.0 Å². The van der Waals surface area contributed by atoms with E-state index in [0.717, 1.165) is 47.5 Å². The molecule has 2 aromatic heterocycles. The molecule has 0 amide bonds. The molecule has 1 N–H and O–H groups in total. The Morgan fingerprint density at radius 1 is 1.36 bits per heavy atom. The van der Waals surface area contributed by atoms with Gasteiger partial charge in [0.05, 0.1) is 10.4 Å². The minimum Gasteiger partial charge on any atom is -0.357 e. The van der Waals surface area contributed by atoms with Crippen molar-refractivity contribution in [2.45, 2.75) is 45.1 Å². The summed E-state index contributed by atoms with van der Waals surface area (Å²) in [7, 11) is -1.68. The Bertz CT molecular complexity index is 964. The first kappa shape index (κ1) is 16.3. The lowest BCUT2D eigenvalue weighted by Crippen LogP contribution is -2.38. The van der Waals surface area contributed by atoms with Crippen LogP contribution in [0.3, 0.4) is 0 Å². The molecule has 1 saturated heterocycles. The number of hydrogen-bond acceptors (Lipinski definition) is 4. The molecule has 1 aromatic carbocycles. The molecule has 1 atom stereocenters. The van der Waals surface area contributed by atoms with Crippen molar-refractivity contribution < 1.29 is 9.66 Å². The van der Waals surface area contributed by atoms with Gasteiger partial charge in [0.2, 0.25) is 0 Å². The smallest absolute Gasteiger partial charge is 0.296 e. The molecule has 25 heavy (non-hydrogen) atoms. The molecule has 1 fully saturated rings. The second-order valence-electron chi connectivity index (χ2n) is 7.71. The number of nitro benzene ring substituents is 1. The summed E-state index contributed by atoms with van der Waals surface area (Å²) in [5, 5.41) is 17.5. The van der Waals surface area contributed by atoms with Gasteiger partial charge in [-0.2, -0.15) is 0 Å². The van der Waals surface area contributed by atoms with Gasteiger partial charge in [0.1, 0.15) is 19.8 Å². The van der Waals surface area contributed by atoms with E-state index < -0.39 is 8.07 Å². The van der Waals surface area contributed by atoms with E-state index in [1.807, 2.05) is 16.9 Å². The van der Waals surface area contributed by atoms with Crippen LogP contribution in [0.25, 0.3) is 21.8 Å². The summed E-state index contributed by atoms with van der Waals surface area (Å²) in [6.45, 7) is 7.35. The number of ether oxygens (including phenoxy) is 1. The summed E-state index contributed by atoms with van der Waals surface area (Å²) < 4.78 is 7.93. The van der Waals surface area contributed by atoms with Crippen LogP contribution in [0.2, 0.25) is 19.6 Å². The Morgan fingerprint density at radius 2 is 2.16 bits per heavy atom. The number of fused-ring (bicyclic) bond motifs is 3. The Kier molecular flexibility index (Phi) is 3.69. The van der Waals surface area contributed by atoms with E-state index in [2.05, 4.69) is 29.7 Å². The maximum atomic E-state index is 11.6. The molecule has 3 heterocycles. The number of hydrogen-bond donors (Lipinski definition) is 1. The second-order valence-corrected chi connectivity index (χ2v) is 12.7. The highest BCUT2D eigenvalue weighted by Gasteiger charge is 2.27. The molecular weight excluding hydrogens is 336 g/mol. The maximum Gasteiger partial charge on any atom is 0.296 e. The van der Waals surface area contributed by atoms with Gasteiger partial charge in [0.15, 0.2) is 0 Å². The van der Waals surface area contributed by atoms with E-state index in [4.69, 9.17) is 4.74 Å². The average Bonchev–Trinajstić information content (AvgIpc) is 3.18. The van der Waals surface area contributed by atoms with Crippen LogP contribution in [0.5, 0.6) is 0 Å². The number of H-pyrrole nitrogens is 1. The van der Waals surface area contributed by atoms with Gasteiger partial charge in [-0.1, -0.05) is 19.6 Å². The van der Waals surface area contributed by atoms with Crippen molar-refractivity contribution in [1.82, 2.24) is 14.8 Å². The lowest BCUT2D eigenvalue weighted by Gasteiger charge is -2.24. The minimum atomic E-state index is -1.68. The molecule has 0 spiro atoms. The molecule has 3 aromatic rings. The van der Waals surface area contributed by atoms with Gasteiger partial charge in [-0.25, -0.2) is 0 Å². The van der Waals surface area contributed by atoms with Crippen molar-refractivity contribution in [2.24, 2.45) is 0 Å². The summed E-state index contributed by atoms with van der Waals surface area (Å²) in [6.07, 6.45) is 4.90. The molecule has 0 saturated carbocycles. The van der Waals surface area contributed by atoms with Crippen LogP contribution in [-0.2, 0) is 4.74 Å². The molecule has 1 aliphatic rings. The fourth-order valence-electron chi connectivity index (χ4n) is 3.49. The van der Waals surface area contributed by atoms with Gasteiger partial charge < -0.3 is 9.84 Å². The largest absolute Gasteiger partial charge is 0.357 e. The predicted molar refractivity (Wildman–Crippen MR) is 100 cm³/mol. The zero-order valence-corrected chi connectivity index (χ0v) is 15.7. The predicted octanol–water partition coefficient (Wildman–Crippen LogP) is 3.67. The van der Waals surface area contributed by atoms with Crippen molar-refractivity contribution in [3.63, 3.8) is 0 Å². The Balaban J connectivity index is 2.02. The standard InChI is InChI=1S/C17H22N4O3Si/c1-25(2,3)14-9-12-16(19-14)13(21(22)23)8-11-10-18-20(17(11)12)15-6-4-5-7-24-15/h8-10,15,18H,4-7H2,1-3H3. The summed E-state index contributed by atoms with van der Waals surface area (Å²) >= 11 is 0. The van der Waals surface area contributed by atoms with E-state index in [1.165, 1.54) is 0 Å². The molecule has 1 unspecified atom stereocenters. The van der Waals surface area contributed by atoms with Crippen LogP contribution in [0.4, 0.5) is 5.69 Å². The van der Waals surface area contributed by atoms with Crippen LogP contribution >= 0.6 is 0 Å². The van der Waals surface area contributed by atoms with Crippen molar-refractivity contribution in [3.05, 3.63) is 28.4 Å². The molecule has 8 heteroatoms. The molecule has 1 aliphatic heterocycles. The Morgan fingerprint density at radius 3 is 2.80 bits per heavy atom. The first-order chi connectivity index (χ1) is 11.9. The Labute approximate surface area is 146 Å². The SMILES string of the molecule is C[Si](C)(C)c1cc2c(n1)c([N+](=O)[O-])cc1c[nH]n(C3CCCCO3)c12. The summed E-state index contributed by atoms with van der Waals surface area (Å²) in [6, 6.07) is 3.67. The van der Waals surface area contributed by atoms with Crippen molar-refractivity contribution >= 4 is 40.9 Å². The number of aromatic nitrogens is 3. The zero-order valence-electron chi connectivity index (χ0n) is 14.7. The van der Waals surface area contributed by atoms with E-state index >= 15 is 0 Å². The summed E-state index contributed by atoms with van der Waals surface area (Å²) in [5.74, 6) is 0. The quantitative estimate of drug-likeness (QED) is 0.440. The van der Waals surface area contributed by atoms with E-state index in [-0.39, 0.29) is 16.8 Å². The highest BCUT2D eigenvalue weighted by Crippen LogP contribution is 2.35.